The van der Waals surface area contributed by atoms with Crippen molar-refractivity contribution in [1.29, 1.82) is 0 Å². The van der Waals surface area contributed by atoms with Gasteiger partial charge in [0, 0.05) is 43.6 Å². The summed E-state index contributed by atoms with van der Waals surface area (Å²) >= 11 is 0. The Hall–Kier alpha value is -2.98. The zero-order valence-corrected chi connectivity index (χ0v) is 20.9. The maximum absolute atomic E-state index is 12.7. The Kier molecular flexibility index (Phi) is 10.7. The van der Waals surface area contributed by atoms with E-state index in [0.717, 1.165) is 16.5 Å². The number of aromatic nitrogens is 1. The molecule has 1 aromatic heterocycles. The van der Waals surface area contributed by atoms with Crippen LogP contribution in [0.25, 0.3) is 10.9 Å². The molecule has 0 saturated heterocycles. The number of fused-ring (bicyclic) bond motifs is 1. The van der Waals surface area contributed by atoms with Crippen LogP contribution in [0, 0.1) is 5.92 Å². The Bertz CT molecular complexity index is 1060. The minimum absolute atomic E-state index is 0.0328. The van der Waals surface area contributed by atoms with E-state index in [-0.39, 0.29) is 43.3 Å². The van der Waals surface area contributed by atoms with Crippen molar-refractivity contribution in [3.8, 4) is 0 Å². The first-order valence-corrected chi connectivity index (χ1v) is 12.2. The highest BCUT2D eigenvalue weighted by Gasteiger charge is 2.39. The molecule has 9 heteroatoms. The summed E-state index contributed by atoms with van der Waals surface area (Å²) in [6.07, 6.45) is 4.92. The number of allylic oxidation sites excluding steroid dienone is 1. The molecule has 0 unspecified atom stereocenters. The molecule has 1 aliphatic heterocycles. The molecule has 36 heavy (non-hydrogen) atoms. The van der Waals surface area contributed by atoms with Gasteiger partial charge in [0.05, 0.1) is 31.9 Å². The number of aliphatic hydroxyl groups excluding tert-OH is 1. The molecule has 9 nitrogen and oxygen atoms in total. The number of nitrogens with zero attached hydrogens (tertiary/aromatic N) is 1. The van der Waals surface area contributed by atoms with E-state index in [2.05, 4.69) is 6.58 Å². The second-order valence-corrected chi connectivity index (χ2v) is 8.28. The van der Waals surface area contributed by atoms with Gasteiger partial charge in [0.15, 0.2) is 0 Å². The lowest BCUT2D eigenvalue weighted by Gasteiger charge is -2.36. The molecule has 3 atom stereocenters. The molecule has 3 rings (SSSR count). The lowest BCUT2D eigenvalue weighted by Crippen LogP contribution is -2.37. The monoisotopic (exact) mass is 501 g/mol. The number of carbonyl (C=O) groups excluding carboxylic acids is 2. The first-order chi connectivity index (χ1) is 17.5. The molecule has 0 amide bonds. The summed E-state index contributed by atoms with van der Waals surface area (Å²) in [4.78, 5) is 25.1. The van der Waals surface area contributed by atoms with E-state index in [1.807, 2.05) is 37.4 Å². The van der Waals surface area contributed by atoms with Crippen LogP contribution in [0.2, 0.25) is 0 Å². The topological polar surface area (TPSA) is 105 Å². The molecule has 1 aromatic carbocycles. The smallest absolute Gasteiger partial charge is 0.373 e. The van der Waals surface area contributed by atoms with Crippen LogP contribution in [0.5, 0.6) is 0 Å². The van der Waals surface area contributed by atoms with Crippen LogP contribution in [0.4, 0.5) is 0 Å². The molecule has 0 aliphatic carbocycles. The number of para-hydroxylation sites is 1. The molecule has 1 aliphatic rings. The molecule has 196 valence electrons. The molecule has 2 heterocycles. The van der Waals surface area contributed by atoms with Crippen LogP contribution in [-0.4, -0.2) is 74.1 Å². The van der Waals surface area contributed by atoms with Gasteiger partial charge in [-0.05, 0) is 31.1 Å². The van der Waals surface area contributed by atoms with Gasteiger partial charge in [-0.1, -0.05) is 30.9 Å². The molecule has 2 aromatic rings. The van der Waals surface area contributed by atoms with Crippen molar-refractivity contribution in [2.45, 2.75) is 32.5 Å². The Morgan fingerprint density at radius 2 is 1.92 bits per heavy atom. The number of benzene rings is 1. The molecule has 0 radical (unpaired) electrons. The second kappa shape index (κ2) is 13.9. The van der Waals surface area contributed by atoms with Gasteiger partial charge in [-0.15, -0.1) is 0 Å². The zero-order valence-electron chi connectivity index (χ0n) is 20.9. The number of esters is 1. The summed E-state index contributed by atoms with van der Waals surface area (Å²) in [5.41, 5.74) is 1.68. The van der Waals surface area contributed by atoms with E-state index in [9.17, 15) is 9.59 Å². The predicted octanol–water partition coefficient (Wildman–Crippen LogP) is 3.42. The van der Waals surface area contributed by atoms with Gasteiger partial charge in [-0.25, -0.2) is 4.79 Å². The Morgan fingerprint density at radius 3 is 2.61 bits per heavy atom. The quantitative estimate of drug-likeness (QED) is 0.239. The zero-order chi connectivity index (χ0) is 25.9. The summed E-state index contributed by atoms with van der Waals surface area (Å²) in [5, 5.41) is 9.73. The second-order valence-electron chi connectivity index (χ2n) is 8.28. The van der Waals surface area contributed by atoms with E-state index in [1.54, 1.807) is 10.6 Å². The van der Waals surface area contributed by atoms with Crippen LogP contribution in [0.3, 0.4) is 0 Å². The van der Waals surface area contributed by atoms with Crippen molar-refractivity contribution in [2.24, 2.45) is 5.92 Å². The van der Waals surface area contributed by atoms with Crippen LogP contribution in [0.1, 0.15) is 36.5 Å². The van der Waals surface area contributed by atoms with Gasteiger partial charge in [0.1, 0.15) is 6.61 Å². The molecular weight excluding hydrogens is 466 g/mol. The van der Waals surface area contributed by atoms with Crippen LogP contribution in [0.15, 0.2) is 55.0 Å². The number of hydrogen-bond acceptors (Lipinski definition) is 8. The molecular formula is C27H35NO8. The fraction of sp³-hybridized carbons (Fsp3) is 0.481. The summed E-state index contributed by atoms with van der Waals surface area (Å²) < 4.78 is 29.8. The van der Waals surface area contributed by atoms with Crippen molar-refractivity contribution in [1.82, 2.24) is 4.57 Å². The highest BCUT2D eigenvalue weighted by atomic mass is 16.7. The fourth-order valence-corrected chi connectivity index (χ4v) is 4.33. The van der Waals surface area contributed by atoms with Crippen molar-refractivity contribution < 1.29 is 38.4 Å². The minimum Gasteiger partial charge on any atom is -0.457 e. The Morgan fingerprint density at radius 1 is 1.17 bits per heavy atom. The van der Waals surface area contributed by atoms with Gasteiger partial charge in [0.25, 0.3) is 0 Å². The summed E-state index contributed by atoms with van der Waals surface area (Å²) in [5.74, 6) is -1.15. The third kappa shape index (κ3) is 6.82. The first kappa shape index (κ1) is 27.6. The Balaban J connectivity index is 1.95. The predicted molar refractivity (Wildman–Crippen MR) is 134 cm³/mol. The van der Waals surface area contributed by atoms with E-state index < -0.39 is 12.3 Å². The summed E-state index contributed by atoms with van der Waals surface area (Å²) in [6, 6.07) is 7.66. The molecule has 1 N–H and O–H groups in total. The lowest BCUT2D eigenvalue weighted by molar-refractivity contribution is -0.176. The number of rotatable bonds is 14. The summed E-state index contributed by atoms with van der Waals surface area (Å²) in [7, 11) is 0. The van der Waals surface area contributed by atoms with E-state index >= 15 is 0 Å². The number of aliphatic hydroxyl groups is 1. The van der Waals surface area contributed by atoms with Crippen LogP contribution >= 0.6 is 0 Å². The van der Waals surface area contributed by atoms with Gasteiger partial charge in [-0.2, -0.15) is 0 Å². The molecule has 0 bridgehead atoms. The Labute approximate surface area is 211 Å². The van der Waals surface area contributed by atoms with Gasteiger partial charge in [-0.3, -0.25) is 9.36 Å². The average Bonchev–Trinajstić information content (AvgIpc) is 3.27. The van der Waals surface area contributed by atoms with Crippen molar-refractivity contribution >= 4 is 22.8 Å². The average molecular weight is 502 g/mol. The molecule has 0 fully saturated rings. The largest absolute Gasteiger partial charge is 0.457 e. The highest BCUT2D eigenvalue weighted by molar-refractivity contribution is 5.94. The van der Waals surface area contributed by atoms with Crippen molar-refractivity contribution in [3.05, 3.63) is 60.5 Å². The van der Waals surface area contributed by atoms with E-state index in [1.165, 1.54) is 13.0 Å². The normalized spacial score (nSPS) is 19.5. The van der Waals surface area contributed by atoms with E-state index in [4.69, 9.17) is 28.8 Å². The van der Waals surface area contributed by atoms with Crippen LogP contribution in [-0.2, 0) is 28.5 Å². The lowest BCUT2D eigenvalue weighted by atomic mass is 9.81. The van der Waals surface area contributed by atoms with Crippen LogP contribution < -0.4 is 0 Å². The van der Waals surface area contributed by atoms with Crippen molar-refractivity contribution in [2.75, 3.05) is 46.2 Å². The summed E-state index contributed by atoms with van der Waals surface area (Å²) in [6.45, 7) is 8.81. The third-order valence-electron chi connectivity index (χ3n) is 5.89. The molecule has 0 saturated carbocycles. The maximum atomic E-state index is 12.7. The van der Waals surface area contributed by atoms with Gasteiger partial charge in [0.2, 0.25) is 18.0 Å². The maximum Gasteiger partial charge on any atom is 0.373 e. The van der Waals surface area contributed by atoms with Gasteiger partial charge >= 0.3 is 5.97 Å². The number of ether oxygens (including phenoxy) is 5. The fourth-order valence-electron chi connectivity index (χ4n) is 4.33. The number of carbonyl (C=O) groups is 2. The highest BCUT2D eigenvalue weighted by Crippen LogP contribution is 2.42. The van der Waals surface area contributed by atoms with E-state index in [0.29, 0.717) is 32.8 Å². The minimum atomic E-state index is -0.718. The third-order valence-corrected chi connectivity index (χ3v) is 5.89. The molecule has 0 spiro atoms. The first-order valence-electron chi connectivity index (χ1n) is 12.2. The van der Waals surface area contributed by atoms with Gasteiger partial charge < -0.3 is 28.8 Å². The standard InChI is InChI=1S/C27H35NO8/c1-4-12-35-26(31)25-17-22(23-18-28(19(3)30)24-9-7-6-8-20(23)24)21(27(36-25)34-5-2)10-13-32-15-16-33-14-11-29/h4,6-9,17-18,21-22,27,29H,1,5,10-16H2,2-3H3/t21-,22-,27+/m1/s1. The SMILES string of the molecule is C=CCOC(=O)C1=C[C@@H](c2cn(C(C)=O)c3ccccc23)[C@@H](CCOCCOCCO)[C@@H](OCC)O1. The number of hydrogen-bond donors (Lipinski definition) is 1. The van der Waals surface area contributed by atoms with Crippen molar-refractivity contribution in [3.63, 3.8) is 0 Å².